The molecule has 4 aliphatic rings. The Morgan fingerprint density at radius 1 is 1.08 bits per heavy atom. The fraction of sp³-hybridized carbons (Fsp3) is 0.533. The van der Waals surface area contributed by atoms with Crippen molar-refractivity contribution in [2.24, 2.45) is 16.3 Å². The lowest BCUT2D eigenvalue weighted by atomic mass is 9.61. The van der Waals surface area contributed by atoms with Gasteiger partial charge in [-0.1, -0.05) is 42.8 Å². The van der Waals surface area contributed by atoms with Crippen LogP contribution in [0.2, 0.25) is 0 Å². The second-order valence-corrected chi connectivity index (χ2v) is 14.4. The number of thiazole rings is 2. The predicted octanol–water partition coefficient (Wildman–Crippen LogP) is 6.60. The van der Waals surface area contributed by atoms with Gasteiger partial charge in [0.2, 0.25) is 0 Å². The molecule has 1 aromatic carbocycles. The molecule has 204 valence electrons. The van der Waals surface area contributed by atoms with E-state index in [2.05, 4.69) is 28.2 Å². The van der Waals surface area contributed by atoms with Gasteiger partial charge in [-0.3, -0.25) is 9.69 Å². The molecule has 2 spiro atoms. The van der Waals surface area contributed by atoms with Crippen molar-refractivity contribution < 1.29 is 9.53 Å². The van der Waals surface area contributed by atoms with Crippen molar-refractivity contribution in [3.05, 3.63) is 68.1 Å². The first-order chi connectivity index (χ1) is 19.1. The molecule has 0 radical (unpaired) electrons. The van der Waals surface area contributed by atoms with Crippen molar-refractivity contribution in [1.29, 1.82) is 0 Å². The minimum absolute atomic E-state index is 0.133. The Hall–Kier alpha value is -2.07. The van der Waals surface area contributed by atoms with Crippen molar-refractivity contribution in [3.8, 4) is 0 Å². The number of thioether (sulfide) groups is 1. The number of carbonyl (C=O) groups is 1. The molecule has 0 N–H and O–H groups in total. The molecule has 9 heteroatoms. The Morgan fingerprint density at radius 3 is 2.54 bits per heavy atom. The summed E-state index contributed by atoms with van der Waals surface area (Å²) in [4.78, 5) is 31.4. The predicted molar refractivity (Wildman–Crippen MR) is 158 cm³/mol. The zero-order chi connectivity index (χ0) is 26.5. The SMILES string of the molecule is COC1CCC2(CC1)Cc1ccc(CCC3CC3)cc1C21N=C(SCc2nccs2)N(Cc2nccs2)C1=O. The smallest absolute Gasteiger partial charge is 0.262 e. The summed E-state index contributed by atoms with van der Waals surface area (Å²) in [5, 5.41) is 6.79. The number of ether oxygens (including phenoxy) is 1. The number of hydrogen-bond donors (Lipinski definition) is 0. The molecule has 2 saturated carbocycles. The Bertz CT molecular complexity index is 1360. The topological polar surface area (TPSA) is 67.7 Å². The average molecular weight is 579 g/mol. The second-order valence-electron chi connectivity index (χ2n) is 11.5. The van der Waals surface area contributed by atoms with Crippen LogP contribution in [-0.2, 0) is 40.2 Å². The summed E-state index contributed by atoms with van der Waals surface area (Å²) in [6.45, 7) is 0.468. The summed E-state index contributed by atoms with van der Waals surface area (Å²) < 4.78 is 5.77. The van der Waals surface area contributed by atoms with E-state index in [0.29, 0.717) is 12.3 Å². The summed E-state index contributed by atoms with van der Waals surface area (Å²) in [7, 11) is 1.82. The first-order valence-corrected chi connectivity index (χ1v) is 16.8. The number of amidine groups is 1. The van der Waals surface area contributed by atoms with Crippen LogP contribution in [0.25, 0.3) is 0 Å². The lowest BCUT2D eigenvalue weighted by molar-refractivity contribution is -0.138. The van der Waals surface area contributed by atoms with E-state index in [0.717, 1.165) is 65.2 Å². The number of methoxy groups -OCH3 is 1. The molecule has 3 aromatic rings. The van der Waals surface area contributed by atoms with Crippen LogP contribution in [-0.4, -0.2) is 39.2 Å². The number of aryl methyl sites for hydroxylation is 1. The highest BCUT2D eigenvalue weighted by Crippen LogP contribution is 2.62. The van der Waals surface area contributed by atoms with Crippen molar-refractivity contribution in [2.45, 2.75) is 81.7 Å². The summed E-state index contributed by atoms with van der Waals surface area (Å²) in [5.41, 5.74) is 2.71. The molecular weight excluding hydrogens is 545 g/mol. The van der Waals surface area contributed by atoms with Crippen LogP contribution in [0.5, 0.6) is 0 Å². The Kier molecular flexibility index (Phi) is 6.90. The summed E-state index contributed by atoms with van der Waals surface area (Å²) in [6.07, 6.45) is 13.7. The summed E-state index contributed by atoms with van der Waals surface area (Å²) in [6, 6.07) is 6.97. The van der Waals surface area contributed by atoms with E-state index in [1.807, 2.05) is 35.2 Å². The molecule has 6 nitrogen and oxygen atoms in total. The highest BCUT2D eigenvalue weighted by Gasteiger charge is 2.66. The van der Waals surface area contributed by atoms with Gasteiger partial charge in [0, 0.05) is 35.7 Å². The number of nitrogens with zero attached hydrogens (tertiary/aromatic N) is 4. The van der Waals surface area contributed by atoms with Crippen LogP contribution in [0, 0.1) is 11.3 Å². The van der Waals surface area contributed by atoms with Crippen LogP contribution >= 0.6 is 34.4 Å². The van der Waals surface area contributed by atoms with Crippen molar-refractivity contribution in [3.63, 3.8) is 0 Å². The molecule has 1 unspecified atom stereocenters. The number of amides is 1. The largest absolute Gasteiger partial charge is 0.381 e. The number of aliphatic imine (C=N–C) groups is 1. The third-order valence-electron chi connectivity index (χ3n) is 9.26. The molecule has 0 saturated heterocycles. The minimum atomic E-state index is -0.876. The van der Waals surface area contributed by atoms with Crippen LogP contribution in [0.1, 0.15) is 71.7 Å². The number of hydrogen-bond acceptors (Lipinski definition) is 8. The first kappa shape index (κ1) is 25.9. The normalized spacial score (nSPS) is 28.0. The third kappa shape index (κ3) is 4.59. The molecule has 1 aliphatic heterocycles. The van der Waals surface area contributed by atoms with Gasteiger partial charge in [0.15, 0.2) is 10.7 Å². The highest BCUT2D eigenvalue weighted by atomic mass is 32.2. The molecule has 2 aromatic heterocycles. The summed E-state index contributed by atoms with van der Waals surface area (Å²) >= 11 is 4.89. The van der Waals surface area contributed by atoms with Crippen LogP contribution in [0.15, 0.2) is 46.3 Å². The Labute approximate surface area is 242 Å². The van der Waals surface area contributed by atoms with E-state index in [1.165, 1.54) is 30.4 Å². The molecule has 0 bridgehead atoms. The number of aromatic nitrogens is 2. The van der Waals surface area contributed by atoms with Gasteiger partial charge < -0.3 is 4.74 Å². The third-order valence-corrected chi connectivity index (χ3v) is 12.0. The molecule has 3 heterocycles. The number of rotatable bonds is 8. The number of benzene rings is 1. The van der Waals surface area contributed by atoms with Gasteiger partial charge in [0.05, 0.1) is 18.4 Å². The standard InChI is InChI=1S/C30H34N4O2S3/c1-36-23-8-10-29(11-9-23)17-22-7-6-21(5-4-20-2-3-20)16-24(22)30(29)27(35)34(18-25-31-12-14-37-25)28(33-30)39-19-26-32-13-15-38-26/h6-7,12-16,20,23H,2-5,8-11,17-19H2,1H3. The molecule has 2 fully saturated rings. The lowest BCUT2D eigenvalue weighted by Crippen LogP contribution is -2.51. The maximum atomic E-state index is 14.9. The van der Waals surface area contributed by atoms with Crippen LogP contribution in [0.4, 0.5) is 0 Å². The van der Waals surface area contributed by atoms with Crippen molar-refractivity contribution in [2.75, 3.05) is 7.11 Å². The van der Waals surface area contributed by atoms with Gasteiger partial charge in [0.1, 0.15) is 10.0 Å². The number of carbonyl (C=O) groups excluding carboxylic acids is 1. The van der Waals surface area contributed by atoms with E-state index in [1.54, 1.807) is 34.4 Å². The van der Waals surface area contributed by atoms with Gasteiger partial charge in [-0.25, -0.2) is 15.0 Å². The van der Waals surface area contributed by atoms with Crippen LogP contribution in [0.3, 0.4) is 0 Å². The van der Waals surface area contributed by atoms with E-state index >= 15 is 0 Å². The van der Waals surface area contributed by atoms with Crippen molar-refractivity contribution in [1.82, 2.24) is 14.9 Å². The average Bonchev–Trinajstić information content (AvgIpc) is 3.28. The van der Waals surface area contributed by atoms with Gasteiger partial charge in [-0.15, -0.1) is 22.7 Å². The monoisotopic (exact) mass is 578 g/mol. The fourth-order valence-electron chi connectivity index (χ4n) is 6.96. The van der Waals surface area contributed by atoms with E-state index in [9.17, 15) is 4.79 Å². The lowest BCUT2D eigenvalue weighted by Gasteiger charge is -2.45. The molecule has 7 rings (SSSR count). The van der Waals surface area contributed by atoms with Crippen molar-refractivity contribution >= 4 is 45.5 Å². The molecular formula is C30H34N4O2S3. The van der Waals surface area contributed by atoms with E-state index < -0.39 is 5.54 Å². The van der Waals surface area contributed by atoms with Gasteiger partial charge in [-0.05, 0) is 67.6 Å². The zero-order valence-electron chi connectivity index (χ0n) is 22.3. The quantitative estimate of drug-likeness (QED) is 0.301. The van der Waals surface area contributed by atoms with Gasteiger partial charge >= 0.3 is 0 Å². The first-order valence-electron chi connectivity index (χ1n) is 14.1. The summed E-state index contributed by atoms with van der Waals surface area (Å²) in [5.74, 6) is 1.73. The Balaban J connectivity index is 1.31. The molecule has 1 atom stereocenters. The number of fused-ring (bicyclic) bond motifs is 3. The maximum Gasteiger partial charge on any atom is 0.262 e. The minimum Gasteiger partial charge on any atom is -0.381 e. The molecule has 39 heavy (non-hydrogen) atoms. The van der Waals surface area contributed by atoms with Crippen LogP contribution < -0.4 is 0 Å². The second kappa shape index (κ2) is 10.4. The van der Waals surface area contributed by atoms with Gasteiger partial charge in [0.25, 0.3) is 5.91 Å². The fourth-order valence-corrected chi connectivity index (χ4v) is 9.25. The zero-order valence-corrected chi connectivity index (χ0v) is 24.8. The van der Waals surface area contributed by atoms with E-state index in [4.69, 9.17) is 9.73 Å². The van der Waals surface area contributed by atoms with E-state index in [-0.39, 0.29) is 17.4 Å². The maximum absolute atomic E-state index is 14.9. The molecule has 3 aliphatic carbocycles. The van der Waals surface area contributed by atoms with Gasteiger partial charge in [-0.2, -0.15) is 0 Å². The Morgan fingerprint density at radius 2 is 1.85 bits per heavy atom. The molecule has 1 amide bonds. The highest BCUT2D eigenvalue weighted by molar-refractivity contribution is 8.13.